The second-order valence-corrected chi connectivity index (χ2v) is 7.56. The number of pyridine rings is 1. The van der Waals surface area contributed by atoms with Gasteiger partial charge in [0.25, 0.3) is 0 Å². The molecule has 0 amide bonds. The van der Waals surface area contributed by atoms with Crippen molar-refractivity contribution in [3.05, 3.63) is 36.0 Å². The summed E-state index contributed by atoms with van der Waals surface area (Å²) in [5.74, 6) is 0.0598. The highest BCUT2D eigenvalue weighted by atomic mass is 32.2. The summed E-state index contributed by atoms with van der Waals surface area (Å²) in [5, 5.41) is 9.98. The van der Waals surface area contributed by atoms with Crippen molar-refractivity contribution in [1.82, 2.24) is 9.71 Å². The number of aliphatic hydroxyl groups excluding tert-OH is 1. The van der Waals surface area contributed by atoms with Gasteiger partial charge >= 0.3 is 0 Å². The van der Waals surface area contributed by atoms with Crippen molar-refractivity contribution in [2.24, 2.45) is 5.92 Å². The molecule has 1 heterocycles. The van der Waals surface area contributed by atoms with Gasteiger partial charge in [-0.2, -0.15) is 0 Å². The molecule has 2 rings (SSSR count). The number of nitrogens with zero attached hydrogens (tertiary/aromatic N) is 1. The minimum absolute atomic E-state index is 0.0598. The van der Waals surface area contributed by atoms with Gasteiger partial charge in [-0.05, 0) is 49.9 Å². The number of hydrogen-bond acceptors (Lipinski definition) is 4. The van der Waals surface area contributed by atoms with Gasteiger partial charge in [0, 0.05) is 18.1 Å². The molecule has 0 aliphatic carbocycles. The van der Waals surface area contributed by atoms with Gasteiger partial charge in [-0.1, -0.05) is 13.0 Å². The minimum Gasteiger partial charge on any atom is -0.393 e. The van der Waals surface area contributed by atoms with Crippen LogP contribution in [-0.4, -0.2) is 31.2 Å². The lowest BCUT2D eigenvalue weighted by atomic mass is 10.1. The Morgan fingerprint density at radius 1 is 1.27 bits per heavy atom. The SMILES string of the molecule is Cc1ccc(S(=O)(=O)NCC(C)CC(C)O)c2cccnc12. The van der Waals surface area contributed by atoms with E-state index in [2.05, 4.69) is 9.71 Å². The lowest BCUT2D eigenvalue weighted by molar-refractivity contribution is 0.165. The minimum atomic E-state index is -3.61. The Kier molecular flexibility index (Phi) is 5.16. The van der Waals surface area contributed by atoms with Crippen LogP contribution in [0.25, 0.3) is 10.9 Å². The van der Waals surface area contributed by atoms with Crippen molar-refractivity contribution in [2.75, 3.05) is 6.54 Å². The molecule has 2 atom stereocenters. The van der Waals surface area contributed by atoms with Crippen molar-refractivity contribution in [3.63, 3.8) is 0 Å². The monoisotopic (exact) mass is 322 g/mol. The summed E-state index contributed by atoms with van der Waals surface area (Å²) in [6.45, 7) is 5.81. The van der Waals surface area contributed by atoms with Crippen LogP contribution in [0, 0.1) is 12.8 Å². The quantitative estimate of drug-likeness (QED) is 0.855. The molecule has 5 nitrogen and oxygen atoms in total. The van der Waals surface area contributed by atoms with E-state index in [9.17, 15) is 13.5 Å². The summed E-state index contributed by atoms with van der Waals surface area (Å²) in [6, 6.07) is 6.88. The Labute approximate surface area is 131 Å². The molecular weight excluding hydrogens is 300 g/mol. The number of sulfonamides is 1. The summed E-state index contributed by atoms with van der Waals surface area (Å²) in [6.07, 6.45) is 1.77. The molecule has 1 aromatic carbocycles. The normalized spacial score (nSPS) is 14.9. The predicted octanol–water partition coefficient (Wildman–Crippen LogP) is 2.23. The smallest absolute Gasteiger partial charge is 0.241 e. The van der Waals surface area contributed by atoms with E-state index in [0.717, 1.165) is 5.56 Å². The van der Waals surface area contributed by atoms with Gasteiger partial charge in [-0.3, -0.25) is 4.98 Å². The highest BCUT2D eigenvalue weighted by Gasteiger charge is 2.19. The maximum Gasteiger partial charge on any atom is 0.241 e. The summed E-state index contributed by atoms with van der Waals surface area (Å²) >= 11 is 0. The molecule has 0 saturated heterocycles. The van der Waals surface area contributed by atoms with Gasteiger partial charge in [0.15, 0.2) is 0 Å². The molecular formula is C16H22N2O3S. The second kappa shape index (κ2) is 6.73. The highest BCUT2D eigenvalue weighted by molar-refractivity contribution is 7.89. The van der Waals surface area contributed by atoms with E-state index in [1.165, 1.54) is 0 Å². The standard InChI is InChI=1S/C16H22N2O3S/c1-11(9-13(3)19)10-18-22(20,21)15-7-6-12(2)16-14(15)5-4-8-17-16/h4-8,11,13,18-19H,9-10H2,1-3H3. The number of rotatable bonds is 6. The van der Waals surface area contributed by atoms with Crippen molar-refractivity contribution in [2.45, 2.75) is 38.2 Å². The lowest BCUT2D eigenvalue weighted by Gasteiger charge is -2.15. The van der Waals surface area contributed by atoms with Crippen LogP contribution in [0.3, 0.4) is 0 Å². The summed E-state index contributed by atoms with van der Waals surface area (Å²) < 4.78 is 27.7. The first-order chi connectivity index (χ1) is 10.3. The number of benzene rings is 1. The molecule has 120 valence electrons. The lowest BCUT2D eigenvalue weighted by Crippen LogP contribution is -2.29. The van der Waals surface area contributed by atoms with Gasteiger partial charge in [0.1, 0.15) is 0 Å². The Hall–Kier alpha value is -1.50. The van der Waals surface area contributed by atoms with E-state index in [0.29, 0.717) is 23.9 Å². The predicted molar refractivity (Wildman–Crippen MR) is 87.1 cm³/mol. The molecule has 0 saturated carbocycles. The van der Waals surface area contributed by atoms with Crippen LogP contribution in [0.15, 0.2) is 35.4 Å². The Morgan fingerprint density at radius 3 is 2.68 bits per heavy atom. The van der Waals surface area contributed by atoms with Crippen LogP contribution in [0.2, 0.25) is 0 Å². The molecule has 1 aromatic heterocycles. The zero-order valence-corrected chi connectivity index (χ0v) is 13.9. The molecule has 0 aliphatic rings. The average molecular weight is 322 g/mol. The van der Waals surface area contributed by atoms with E-state index < -0.39 is 16.1 Å². The van der Waals surface area contributed by atoms with Crippen LogP contribution in [0.1, 0.15) is 25.8 Å². The zero-order chi connectivity index (χ0) is 16.3. The van der Waals surface area contributed by atoms with Crippen molar-refractivity contribution in [1.29, 1.82) is 0 Å². The zero-order valence-electron chi connectivity index (χ0n) is 13.1. The summed E-state index contributed by atoms with van der Waals surface area (Å²) in [7, 11) is -3.61. The third-order valence-corrected chi connectivity index (χ3v) is 5.07. The Bertz CT molecular complexity index is 757. The van der Waals surface area contributed by atoms with E-state index in [-0.39, 0.29) is 10.8 Å². The van der Waals surface area contributed by atoms with Gasteiger partial charge < -0.3 is 5.11 Å². The molecule has 2 aromatic rings. The van der Waals surface area contributed by atoms with Gasteiger partial charge in [-0.25, -0.2) is 13.1 Å². The van der Waals surface area contributed by atoms with E-state index in [1.54, 1.807) is 37.4 Å². The van der Waals surface area contributed by atoms with E-state index in [4.69, 9.17) is 0 Å². The molecule has 0 aliphatic heterocycles. The van der Waals surface area contributed by atoms with Gasteiger partial charge in [-0.15, -0.1) is 0 Å². The topological polar surface area (TPSA) is 79.3 Å². The maximum atomic E-state index is 12.5. The molecule has 0 spiro atoms. The molecule has 0 radical (unpaired) electrons. The van der Waals surface area contributed by atoms with Crippen molar-refractivity contribution in [3.8, 4) is 0 Å². The fourth-order valence-corrected chi connectivity index (χ4v) is 3.88. The Morgan fingerprint density at radius 2 is 2.00 bits per heavy atom. The van der Waals surface area contributed by atoms with Crippen LogP contribution < -0.4 is 4.72 Å². The van der Waals surface area contributed by atoms with Crippen molar-refractivity contribution < 1.29 is 13.5 Å². The summed E-state index contributed by atoms with van der Waals surface area (Å²) in [4.78, 5) is 4.51. The molecule has 22 heavy (non-hydrogen) atoms. The first kappa shape index (κ1) is 16.9. The first-order valence-corrected chi connectivity index (χ1v) is 8.81. The summed E-state index contributed by atoms with van der Waals surface area (Å²) in [5.41, 5.74) is 1.64. The van der Waals surface area contributed by atoms with E-state index in [1.807, 2.05) is 13.8 Å². The number of fused-ring (bicyclic) bond motifs is 1. The van der Waals surface area contributed by atoms with Crippen LogP contribution in [0.4, 0.5) is 0 Å². The average Bonchev–Trinajstić information content (AvgIpc) is 2.45. The third-order valence-electron chi connectivity index (χ3n) is 3.59. The molecule has 2 unspecified atom stereocenters. The number of nitrogens with one attached hydrogen (secondary N) is 1. The van der Waals surface area contributed by atoms with Crippen molar-refractivity contribution >= 4 is 20.9 Å². The fraction of sp³-hybridized carbons (Fsp3) is 0.438. The number of aromatic nitrogens is 1. The maximum absolute atomic E-state index is 12.5. The largest absolute Gasteiger partial charge is 0.393 e. The second-order valence-electron chi connectivity index (χ2n) is 5.82. The molecule has 0 fully saturated rings. The van der Waals surface area contributed by atoms with Gasteiger partial charge in [0.2, 0.25) is 10.0 Å². The van der Waals surface area contributed by atoms with Crippen LogP contribution >= 0.6 is 0 Å². The highest BCUT2D eigenvalue weighted by Crippen LogP contribution is 2.24. The molecule has 6 heteroatoms. The fourth-order valence-electron chi connectivity index (χ4n) is 2.52. The first-order valence-electron chi connectivity index (χ1n) is 7.33. The Balaban J connectivity index is 2.29. The van der Waals surface area contributed by atoms with Gasteiger partial charge in [0.05, 0.1) is 16.5 Å². The van der Waals surface area contributed by atoms with E-state index >= 15 is 0 Å². The number of hydrogen-bond donors (Lipinski definition) is 2. The number of aryl methyl sites for hydroxylation is 1. The number of aliphatic hydroxyl groups is 1. The molecule has 0 bridgehead atoms. The van der Waals surface area contributed by atoms with Crippen LogP contribution in [-0.2, 0) is 10.0 Å². The van der Waals surface area contributed by atoms with Crippen LogP contribution in [0.5, 0.6) is 0 Å². The molecule has 2 N–H and O–H groups in total. The third kappa shape index (κ3) is 3.82.